The van der Waals surface area contributed by atoms with Crippen LogP contribution in [0.15, 0.2) is 17.0 Å². The van der Waals surface area contributed by atoms with E-state index in [4.69, 9.17) is 17.3 Å². The van der Waals surface area contributed by atoms with Gasteiger partial charge in [-0.15, -0.1) is 0 Å². The molecule has 6 heteroatoms. The van der Waals surface area contributed by atoms with Crippen LogP contribution in [-0.2, 0) is 10.0 Å². The molecule has 2 N–H and O–H groups in total. The standard InChI is InChI=1S/C15H25ClN2O2S/c1-4-6-8-18(9-7-5-2)21(19,20)13-10-12(3)15(16)14(17)11-13/h10-11H,4-9,17H2,1-3H3. The van der Waals surface area contributed by atoms with E-state index in [9.17, 15) is 8.42 Å². The number of nitrogen functional groups attached to an aromatic ring is 1. The second kappa shape index (κ2) is 8.01. The molecular formula is C15H25ClN2O2S. The quantitative estimate of drug-likeness (QED) is 0.736. The van der Waals surface area contributed by atoms with Crippen molar-refractivity contribution in [3.05, 3.63) is 22.7 Å². The van der Waals surface area contributed by atoms with E-state index in [1.165, 1.54) is 6.07 Å². The third-order valence-corrected chi connectivity index (χ3v) is 5.81. The van der Waals surface area contributed by atoms with Gasteiger partial charge in [-0.3, -0.25) is 0 Å². The molecule has 0 atom stereocenters. The monoisotopic (exact) mass is 332 g/mol. The van der Waals surface area contributed by atoms with E-state index in [0.717, 1.165) is 25.7 Å². The van der Waals surface area contributed by atoms with Crippen molar-refractivity contribution < 1.29 is 8.42 Å². The Morgan fingerprint density at radius 1 is 1.14 bits per heavy atom. The van der Waals surface area contributed by atoms with Gasteiger partial charge in [-0.2, -0.15) is 4.31 Å². The summed E-state index contributed by atoms with van der Waals surface area (Å²) in [6.07, 6.45) is 3.62. The smallest absolute Gasteiger partial charge is 0.243 e. The number of anilines is 1. The summed E-state index contributed by atoms with van der Waals surface area (Å²) in [4.78, 5) is 0.231. The summed E-state index contributed by atoms with van der Waals surface area (Å²) in [6.45, 7) is 6.95. The van der Waals surface area contributed by atoms with Crippen LogP contribution in [0.4, 0.5) is 5.69 Å². The Labute approximate surface area is 133 Å². The van der Waals surface area contributed by atoms with Crippen molar-refractivity contribution in [1.29, 1.82) is 0 Å². The number of hydrogen-bond donors (Lipinski definition) is 1. The first-order valence-electron chi connectivity index (χ1n) is 7.40. The zero-order valence-corrected chi connectivity index (χ0v) is 14.6. The summed E-state index contributed by atoms with van der Waals surface area (Å²) in [5.74, 6) is 0. The lowest BCUT2D eigenvalue weighted by atomic mass is 10.2. The maximum atomic E-state index is 12.8. The van der Waals surface area contributed by atoms with E-state index >= 15 is 0 Å². The Kier molecular flexibility index (Phi) is 6.97. The molecule has 0 aromatic heterocycles. The summed E-state index contributed by atoms with van der Waals surface area (Å²) < 4.78 is 27.1. The summed E-state index contributed by atoms with van der Waals surface area (Å²) in [6, 6.07) is 3.05. The average molecular weight is 333 g/mol. The predicted octanol–water partition coefficient (Wildman–Crippen LogP) is 3.82. The molecule has 1 rings (SSSR count). The second-order valence-corrected chi connectivity index (χ2v) is 7.57. The summed E-state index contributed by atoms with van der Waals surface area (Å²) in [5, 5.41) is 0.419. The fraction of sp³-hybridized carbons (Fsp3) is 0.600. The minimum atomic E-state index is -3.51. The minimum absolute atomic E-state index is 0.231. The zero-order valence-electron chi connectivity index (χ0n) is 13.0. The molecule has 0 aliphatic carbocycles. The maximum Gasteiger partial charge on any atom is 0.243 e. The second-order valence-electron chi connectivity index (χ2n) is 5.25. The molecule has 0 spiro atoms. The van der Waals surface area contributed by atoms with Crippen LogP contribution in [-0.4, -0.2) is 25.8 Å². The van der Waals surface area contributed by atoms with Gasteiger partial charge in [0.2, 0.25) is 10.0 Å². The minimum Gasteiger partial charge on any atom is -0.397 e. The van der Waals surface area contributed by atoms with Crippen LogP contribution in [0.25, 0.3) is 0 Å². The Balaban J connectivity index is 3.15. The number of halogens is 1. The summed E-state index contributed by atoms with van der Waals surface area (Å²) in [5.41, 5.74) is 6.79. The van der Waals surface area contributed by atoms with Gasteiger partial charge in [0.1, 0.15) is 0 Å². The first kappa shape index (κ1) is 18.3. The number of benzene rings is 1. The van der Waals surface area contributed by atoms with Crippen LogP contribution in [0.3, 0.4) is 0 Å². The molecule has 0 radical (unpaired) electrons. The number of nitrogens with two attached hydrogens (primary N) is 1. The van der Waals surface area contributed by atoms with Gasteiger partial charge in [-0.25, -0.2) is 8.42 Å². The van der Waals surface area contributed by atoms with E-state index in [1.54, 1.807) is 17.3 Å². The number of unbranched alkanes of at least 4 members (excludes halogenated alkanes) is 2. The van der Waals surface area contributed by atoms with E-state index in [0.29, 0.717) is 29.4 Å². The molecule has 0 amide bonds. The molecule has 1 aromatic carbocycles. The van der Waals surface area contributed by atoms with Crippen molar-refractivity contribution in [3.8, 4) is 0 Å². The third-order valence-electron chi connectivity index (χ3n) is 3.42. The van der Waals surface area contributed by atoms with E-state index in [1.807, 2.05) is 0 Å². The molecule has 0 aliphatic heterocycles. The lowest BCUT2D eigenvalue weighted by Crippen LogP contribution is -2.33. The van der Waals surface area contributed by atoms with Gasteiger partial charge in [0, 0.05) is 13.1 Å². The zero-order chi connectivity index (χ0) is 16.0. The van der Waals surface area contributed by atoms with Crippen LogP contribution in [0.2, 0.25) is 5.02 Å². The molecule has 0 unspecified atom stereocenters. The molecule has 4 nitrogen and oxygen atoms in total. The number of rotatable bonds is 8. The Bertz CT molecular complexity index is 542. The SMILES string of the molecule is CCCCN(CCCC)S(=O)(=O)c1cc(C)c(Cl)c(N)c1. The van der Waals surface area contributed by atoms with Crippen LogP contribution >= 0.6 is 11.6 Å². The van der Waals surface area contributed by atoms with E-state index in [-0.39, 0.29) is 4.90 Å². The maximum absolute atomic E-state index is 12.8. The normalized spacial score (nSPS) is 12.0. The molecule has 0 bridgehead atoms. The van der Waals surface area contributed by atoms with Gasteiger partial charge in [0.25, 0.3) is 0 Å². The van der Waals surface area contributed by atoms with Gasteiger partial charge < -0.3 is 5.73 Å². The molecule has 21 heavy (non-hydrogen) atoms. The average Bonchev–Trinajstić information content (AvgIpc) is 2.44. The molecular weight excluding hydrogens is 308 g/mol. The third kappa shape index (κ3) is 4.59. The first-order valence-corrected chi connectivity index (χ1v) is 9.22. The Hall–Kier alpha value is -0.780. The topological polar surface area (TPSA) is 63.4 Å². The molecule has 120 valence electrons. The van der Waals surface area contributed by atoms with Gasteiger partial charge in [-0.05, 0) is 37.5 Å². The number of aryl methyl sites for hydroxylation is 1. The molecule has 0 fully saturated rings. The fourth-order valence-electron chi connectivity index (χ4n) is 2.08. The van der Waals surface area contributed by atoms with Gasteiger partial charge >= 0.3 is 0 Å². The van der Waals surface area contributed by atoms with E-state index in [2.05, 4.69) is 13.8 Å². The molecule has 0 aliphatic rings. The predicted molar refractivity (Wildman–Crippen MR) is 89.2 cm³/mol. The largest absolute Gasteiger partial charge is 0.397 e. The lowest BCUT2D eigenvalue weighted by molar-refractivity contribution is 0.395. The fourth-order valence-corrected chi connectivity index (χ4v) is 3.83. The van der Waals surface area contributed by atoms with Crippen LogP contribution in [0.5, 0.6) is 0 Å². The highest BCUT2D eigenvalue weighted by molar-refractivity contribution is 7.89. The molecule has 1 aromatic rings. The Morgan fingerprint density at radius 3 is 2.10 bits per heavy atom. The summed E-state index contributed by atoms with van der Waals surface area (Å²) >= 11 is 6.01. The van der Waals surface area contributed by atoms with E-state index < -0.39 is 10.0 Å². The van der Waals surface area contributed by atoms with Crippen molar-refractivity contribution in [2.75, 3.05) is 18.8 Å². The van der Waals surface area contributed by atoms with Gasteiger partial charge in [-0.1, -0.05) is 38.3 Å². The highest BCUT2D eigenvalue weighted by Gasteiger charge is 2.24. The lowest BCUT2D eigenvalue weighted by Gasteiger charge is -2.22. The first-order chi connectivity index (χ1) is 9.84. The van der Waals surface area contributed by atoms with Crippen molar-refractivity contribution in [3.63, 3.8) is 0 Å². The number of nitrogens with zero attached hydrogens (tertiary/aromatic N) is 1. The van der Waals surface area contributed by atoms with Crippen LogP contribution < -0.4 is 5.73 Å². The van der Waals surface area contributed by atoms with Crippen molar-refractivity contribution in [1.82, 2.24) is 4.31 Å². The van der Waals surface area contributed by atoms with Crippen LogP contribution in [0, 0.1) is 6.92 Å². The number of sulfonamides is 1. The highest BCUT2D eigenvalue weighted by Crippen LogP contribution is 2.28. The molecule has 0 saturated heterocycles. The van der Waals surface area contributed by atoms with Crippen LogP contribution in [0.1, 0.15) is 45.1 Å². The van der Waals surface area contributed by atoms with Gasteiger partial charge in [0.05, 0.1) is 15.6 Å². The van der Waals surface area contributed by atoms with Crippen molar-refractivity contribution in [2.24, 2.45) is 0 Å². The van der Waals surface area contributed by atoms with Crippen molar-refractivity contribution >= 4 is 27.3 Å². The van der Waals surface area contributed by atoms with Gasteiger partial charge in [0.15, 0.2) is 0 Å². The highest BCUT2D eigenvalue weighted by atomic mass is 35.5. The summed E-state index contributed by atoms with van der Waals surface area (Å²) in [7, 11) is -3.51. The Morgan fingerprint density at radius 2 is 1.67 bits per heavy atom. The molecule has 0 heterocycles. The molecule has 0 saturated carbocycles. The van der Waals surface area contributed by atoms with Crippen molar-refractivity contribution in [2.45, 2.75) is 51.3 Å². The number of hydrogen-bond acceptors (Lipinski definition) is 3.